The lowest BCUT2D eigenvalue weighted by molar-refractivity contribution is -0.139. The molecule has 0 bridgehead atoms. The number of hydrogen-bond acceptors (Lipinski definition) is 6. The standard InChI is InChI=1S/C37H34N2O4S/c1-5-42-36(41)33-24(4)38-37-39(34(33)28-17-15-26(16-18-28)23(2)3)35(40)32(44-37)21-25-13-19-30(20-14-25)43-22-29-11-8-10-27-9-6-7-12-31(27)29/h6-21,23,34H,5,22H2,1-4H3/b32-21+. The summed E-state index contributed by atoms with van der Waals surface area (Å²) in [5.41, 5.74) is 4.76. The topological polar surface area (TPSA) is 69.9 Å². The monoisotopic (exact) mass is 602 g/mol. The van der Waals surface area contributed by atoms with Crippen LogP contribution in [0.3, 0.4) is 0 Å². The fraction of sp³-hybridized carbons (Fsp3) is 0.216. The van der Waals surface area contributed by atoms with E-state index in [9.17, 15) is 9.59 Å². The molecule has 2 heterocycles. The normalized spacial score (nSPS) is 14.9. The van der Waals surface area contributed by atoms with Crippen LogP contribution in [0, 0.1) is 0 Å². The van der Waals surface area contributed by atoms with Gasteiger partial charge in [0.05, 0.1) is 28.5 Å². The van der Waals surface area contributed by atoms with E-state index in [1.807, 2.05) is 60.7 Å². The predicted molar refractivity (Wildman–Crippen MR) is 176 cm³/mol. The Bertz CT molecular complexity index is 2050. The maximum Gasteiger partial charge on any atom is 0.338 e. The van der Waals surface area contributed by atoms with E-state index in [0.29, 0.717) is 33.1 Å². The van der Waals surface area contributed by atoms with Crippen LogP contribution < -0.4 is 19.6 Å². The van der Waals surface area contributed by atoms with Crippen LogP contribution >= 0.6 is 11.3 Å². The smallest absolute Gasteiger partial charge is 0.338 e. The number of carbonyl (C=O) groups is 1. The fourth-order valence-electron chi connectivity index (χ4n) is 5.56. The summed E-state index contributed by atoms with van der Waals surface area (Å²) in [6, 6.07) is 29.7. The molecule has 0 saturated heterocycles. The van der Waals surface area contributed by atoms with Crippen molar-refractivity contribution in [2.24, 2.45) is 4.99 Å². The van der Waals surface area contributed by atoms with Gasteiger partial charge in [0, 0.05) is 0 Å². The highest BCUT2D eigenvalue weighted by molar-refractivity contribution is 7.07. The Morgan fingerprint density at radius 1 is 0.977 bits per heavy atom. The van der Waals surface area contributed by atoms with Crippen LogP contribution in [0.1, 0.15) is 61.9 Å². The minimum absolute atomic E-state index is 0.197. The van der Waals surface area contributed by atoms with Gasteiger partial charge in [-0.2, -0.15) is 0 Å². The zero-order chi connectivity index (χ0) is 30.8. The molecule has 44 heavy (non-hydrogen) atoms. The summed E-state index contributed by atoms with van der Waals surface area (Å²) in [5, 5.41) is 2.36. The number of rotatable bonds is 8. The third-order valence-corrected chi connectivity index (χ3v) is 8.87. The molecule has 0 N–H and O–H groups in total. The van der Waals surface area contributed by atoms with Crippen molar-refractivity contribution in [3.8, 4) is 5.75 Å². The van der Waals surface area contributed by atoms with Crippen LogP contribution in [-0.2, 0) is 16.1 Å². The van der Waals surface area contributed by atoms with Gasteiger partial charge in [0.25, 0.3) is 5.56 Å². The Kier molecular flexibility index (Phi) is 8.31. The lowest BCUT2D eigenvalue weighted by atomic mass is 9.93. The third kappa shape index (κ3) is 5.75. The number of fused-ring (bicyclic) bond motifs is 2. The molecule has 6 nitrogen and oxygen atoms in total. The first kappa shape index (κ1) is 29.3. The van der Waals surface area contributed by atoms with E-state index < -0.39 is 12.0 Å². The first-order valence-corrected chi connectivity index (χ1v) is 15.6. The van der Waals surface area contributed by atoms with Crippen LogP contribution in [0.4, 0.5) is 0 Å². The van der Waals surface area contributed by atoms with Gasteiger partial charge in [-0.1, -0.05) is 104 Å². The first-order chi connectivity index (χ1) is 21.3. The molecule has 7 heteroatoms. The van der Waals surface area contributed by atoms with Crippen molar-refractivity contribution in [3.63, 3.8) is 0 Å². The number of thiazole rings is 1. The van der Waals surface area contributed by atoms with Crippen LogP contribution in [0.2, 0.25) is 0 Å². The summed E-state index contributed by atoms with van der Waals surface area (Å²) in [7, 11) is 0. The molecule has 4 aromatic carbocycles. The summed E-state index contributed by atoms with van der Waals surface area (Å²) < 4.78 is 13.7. The van der Waals surface area contributed by atoms with Gasteiger partial charge in [-0.05, 0) is 71.0 Å². The molecule has 1 aliphatic rings. The number of allylic oxidation sites excluding steroid dienone is 1. The van der Waals surface area contributed by atoms with E-state index in [0.717, 1.165) is 22.4 Å². The van der Waals surface area contributed by atoms with Gasteiger partial charge >= 0.3 is 5.97 Å². The van der Waals surface area contributed by atoms with Crippen LogP contribution in [0.25, 0.3) is 16.8 Å². The van der Waals surface area contributed by atoms with Gasteiger partial charge in [-0.3, -0.25) is 9.36 Å². The average molecular weight is 603 g/mol. The van der Waals surface area contributed by atoms with Crippen LogP contribution in [-0.4, -0.2) is 17.1 Å². The van der Waals surface area contributed by atoms with E-state index in [2.05, 4.69) is 55.2 Å². The highest BCUT2D eigenvalue weighted by Gasteiger charge is 2.33. The van der Waals surface area contributed by atoms with E-state index in [1.54, 1.807) is 18.4 Å². The predicted octanol–water partition coefficient (Wildman–Crippen LogP) is 6.65. The molecule has 0 saturated carbocycles. The minimum atomic E-state index is -0.626. The molecule has 6 rings (SSSR count). The van der Waals surface area contributed by atoms with Gasteiger partial charge < -0.3 is 9.47 Å². The molecule has 0 aliphatic carbocycles. The molecule has 0 radical (unpaired) electrons. The Labute approximate surface area is 260 Å². The summed E-state index contributed by atoms with van der Waals surface area (Å²) in [6.07, 6.45) is 1.86. The van der Waals surface area contributed by atoms with E-state index in [1.165, 1.54) is 27.7 Å². The highest BCUT2D eigenvalue weighted by atomic mass is 32.1. The van der Waals surface area contributed by atoms with Gasteiger partial charge in [0.15, 0.2) is 4.80 Å². The SMILES string of the molecule is CCOC(=O)C1=C(C)N=c2s/c(=C/c3ccc(OCc4cccc5ccccc45)cc3)c(=O)n2C1c1ccc(C(C)C)cc1. The zero-order valence-electron chi connectivity index (χ0n) is 25.2. The molecular formula is C37H34N2O4S. The highest BCUT2D eigenvalue weighted by Crippen LogP contribution is 2.31. The summed E-state index contributed by atoms with van der Waals surface area (Å²) in [4.78, 5) is 32.3. The van der Waals surface area contributed by atoms with Crippen LogP contribution in [0.15, 0.2) is 112 Å². The van der Waals surface area contributed by atoms with Crippen LogP contribution in [0.5, 0.6) is 5.75 Å². The molecule has 1 aromatic heterocycles. The van der Waals surface area contributed by atoms with E-state index in [-0.39, 0.29) is 12.2 Å². The van der Waals surface area contributed by atoms with Crippen molar-refractivity contribution in [2.45, 2.75) is 46.3 Å². The second kappa shape index (κ2) is 12.5. The number of benzene rings is 4. The Hall–Kier alpha value is -4.75. The summed E-state index contributed by atoms with van der Waals surface area (Å²) in [5.74, 6) is 0.652. The molecule has 1 unspecified atom stereocenters. The van der Waals surface area contributed by atoms with Crippen molar-refractivity contribution in [1.82, 2.24) is 4.57 Å². The first-order valence-electron chi connectivity index (χ1n) is 14.8. The number of esters is 1. The quantitative estimate of drug-likeness (QED) is 0.187. The second-order valence-corrected chi connectivity index (χ2v) is 12.1. The fourth-order valence-corrected chi connectivity index (χ4v) is 6.61. The van der Waals surface area contributed by atoms with Crippen molar-refractivity contribution in [2.75, 3.05) is 6.61 Å². The van der Waals surface area contributed by atoms with Crippen molar-refractivity contribution < 1.29 is 14.3 Å². The third-order valence-electron chi connectivity index (χ3n) is 7.89. The van der Waals surface area contributed by atoms with E-state index in [4.69, 9.17) is 9.47 Å². The number of carbonyl (C=O) groups excluding carboxylic acids is 1. The lowest BCUT2D eigenvalue weighted by Crippen LogP contribution is -2.39. The Morgan fingerprint density at radius 3 is 2.43 bits per heavy atom. The maximum absolute atomic E-state index is 13.9. The minimum Gasteiger partial charge on any atom is -0.489 e. The largest absolute Gasteiger partial charge is 0.489 e. The maximum atomic E-state index is 13.9. The number of nitrogens with zero attached hydrogens (tertiary/aromatic N) is 2. The molecular weight excluding hydrogens is 568 g/mol. The van der Waals surface area contributed by atoms with Gasteiger partial charge in [-0.15, -0.1) is 0 Å². The van der Waals surface area contributed by atoms with Crippen molar-refractivity contribution in [1.29, 1.82) is 0 Å². The van der Waals surface area contributed by atoms with Crippen molar-refractivity contribution in [3.05, 3.63) is 144 Å². The zero-order valence-corrected chi connectivity index (χ0v) is 26.1. The molecule has 222 valence electrons. The lowest BCUT2D eigenvalue weighted by Gasteiger charge is -2.25. The second-order valence-electron chi connectivity index (χ2n) is 11.1. The number of ether oxygens (including phenoxy) is 2. The molecule has 5 aromatic rings. The molecule has 1 aliphatic heterocycles. The molecule has 0 spiro atoms. The molecule has 1 atom stereocenters. The van der Waals surface area contributed by atoms with Crippen molar-refractivity contribution >= 4 is 34.2 Å². The molecule has 0 amide bonds. The summed E-state index contributed by atoms with van der Waals surface area (Å²) in [6.45, 7) is 8.54. The van der Waals surface area contributed by atoms with E-state index >= 15 is 0 Å². The Balaban J connectivity index is 1.32. The summed E-state index contributed by atoms with van der Waals surface area (Å²) >= 11 is 1.32. The molecule has 0 fully saturated rings. The average Bonchev–Trinajstić information content (AvgIpc) is 3.33. The van der Waals surface area contributed by atoms with Gasteiger partial charge in [0.2, 0.25) is 0 Å². The number of hydrogen-bond donors (Lipinski definition) is 0. The van der Waals surface area contributed by atoms with Gasteiger partial charge in [-0.25, -0.2) is 9.79 Å². The van der Waals surface area contributed by atoms with Gasteiger partial charge in [0.1, 0.15) is 12.4 Å². The Morgan fingerprint density at radius 2 is 1.70 bits per heavy atom. The number of aromatic nitrogens is 1.